The molecule has 14 heavy (non-hydrogen) atoms. The van der Waals surface area contributed by atoms with Gasteiger partial charge in [-0.15, -0.1) is 0 Å². The van der Waals surface area contributed by atoms with E-state index in [1.807, 2.05) is 17.8 Å². The Morgan fingerprint density at radius 1 is 1.71 bits per heavy atom. The number of carbonyl (C=O) groups excluding carboxylic acids is 1. The van der Waals surface area contributed by atoms with Crippen LogP contribution in [0.1, 0.15) is 19.0 Å². The van der Waals surface area contributed by atoms with Crippen LogP contribution in [0.25, 0.3) is 0 Å². The molecule has 0 aliphatic carbocycles. The second-order valence-electron chi connectivity index (χ2n) is 3.16. The van der Waals surface area contributed by atoms with Crippen LogP contribution in [0.2, 0.25) is 0 Å². The molecular weight excluding hydrogens is 246 g/mol. The number of aryl methyl sites for hydroxylation is 2. The molecule has 0 aliphatic rings. The topological polar surface area (TPSA) is 46.9 Å². The maximum absolute atomic E-state index is 10.6. The number of nitrogens with zero attached hydrogens (tertiary/aromatic N) is 2. The molecule has 0 spiro atoms. The maximum Gasteiger partial charge on any atom is 0.216 e. The third kappa shape index (κ3) is 3.49. The largest absolute Gasteiger partial charge is 0.356 e. The summed E-state index contributed by atoms with van der Waals surface area (Å²) in [7, 11) is 0. The Labute approximate surface area is 91.8 Å². The molecule has 1 N–H and O–H groups in total. The lowest BCUT2D eigenvalue weighted by Gasteiger charge is -2.01. The number of aromatic nitrogens is 2. The summed E-state index contributed by atoms with van der Waals surface area (Å²) in [5.74, 6) is 0.0165. The predicted octanol–water partition coefficient (Wildman–Crippen LogP) is 1.48. The molecule has 0 radical (unpaired) electrons. The van der Waals surface area contributed by atoms with Crippen molar-refractivity contribution >= 4 is 21.8 Å². The van der Waals surface area contributed by atoms with Crippen molar-refractivity contribution in [1.82, 2.24) is 15.1 Å². The van der Waals surface area contributed by atoms with E-state index in [1.54, 1.807) is 0 Å². The SMILES string of the molecule is CC(=O)NCCCn1cc(Br)c(C)n1. The smallest absolute Gasteiger partial charge is 0.216 e. The van der Waals surface area contributed by atoms with Gasteiger partial charge in [0, 0.05) is 26.2 Å². The summed E-state index contributed by atoms with van der Waals surface area (Å²) in [4.78, 5) is 10.6. The number of carbonyl (C=O) groups is 1. The molecule has 0 bridgehead atoms. The number of nitrogens with one attached hydrogen (secondary N) is 1. The minimum atomic E-state index is 0.0165. The van der Waals surface area contributed by atoms with Gasteiger partial charge in [-0.2, -0.15) is 5.10 Å². The molecular formula is C9H14BrN3O. The first-order valence-corrected chi connectivity index (χ1v) is 5.33. The van der Waals surface area contributed by atoms with Gasteiger partial charge in [-0.1, -0.05) is 0 Å². The van der Waals surface area contributed by atoms with Crippen LogP contribution in [-0.4, -0.2) is 22.2 Å². The highest BCUT2D eigenvalue weighted by atomic mass is 79.9. The Morgan fingerprint density at radius 2 is 2.43 bits per heavy atom. The number of halogens is 1. The van der Waals surface area contributed by atoms with E-state index < -0.39 is 0 Å². The molecule has 0 unspecified atom stereocenters. The minimum Gasteiger partial charge on any atom is -0.356 e. The van der Waals surface area contributed by atoms with Gasteiger partial charge in [-0.05, 0) is 29.3 Å². The molecule has 0 aromatic carbocycles. The van der Waals surface area contributed by atoms with Gasteiger partial charge >= 0.3 is 0 Å². The van der Waals surface area contributed by atoms with Crippen LogP contribution >= 0.6 is 15.9 Å². The predicted molar refractivity (Wildman–Crippen MR) is 58.0 cm³/mol. The molecule has 4 nitrogen and oxygen atoms in total. The van der Waals surface area contributed by atoms with Gasteiger partial charge in [0.25, 0.3) is 0 Å². The van der Waals surface area contributed by atoms with Crippen molar-refractivity contribution in [3.8, 4) is 0 Å². The van der Waals surface area contributed by atoms with E-state index in [2.05, 4.69) is 26.3 Å². The molecule has 1 heterocycles. The first-order chi connectivity index (χ1) is 6.59. The van der Waals surface area contributed by atoms with Crippen molar-refractivity contribution in [2.45, 2.75) is 26.8 Å². The first-order valence-electron chi connectivity index (χ1n) is 4.53. The zero-order valence-corrected chi connectivity index (χ0v) is 9.97. The van der Waals surface area contributed by atoms with Crippen molar-refractivity contribution in [1.29, 1.82) is 0 Å². The molecule has 0 saturated heterocycles. The van der Waals surface area contributed by atoms with E-state index >= 15 is 0 Å². The Bertz CT molecular complexity index is 302. The third-order valence-electron chi connectivity index (χ3n) is 1.82. The quantitative estimate of drug-likeness (QED) is 0.833. The Morgan fingerprint density at radius 3 is 2.93 bits per heavy atom. The van der Waals surface area contributed by atoms with Crippen molar-refractivity contribution in [2.24, 2.45) is 0 Å². The van der Waals surface area contributed by atoms with Gasteiger partial charge in [0.1, 0.15) is 0 Å². The summed E-state index contributed by atoms with van der Waals surface area (Å²) in [6.07, 6.45) is 2.84. The van der Waals surface area contributed by atoms with Gasteiger partial charge in [-0.3, -0.25) is 9.48 Å². The van der Waals surface area contributed by atoms with Crippen molar-refractivity contribution in [2.75, 3.05) is 6.54 Å². The Balaban J connectivity index is 2.28. The number of hydrogen-bond acceptors (Lipinski definition) is 2. The zero-order valence-electron chi connectivity index (χ0n) is 8.38. The number of hydrogen-bond donors (Lipinski definition) is 1. The Kier molecular flexibility index (Phi) is 4.13. The molecule has 0 fully saturated rings. The van der Waals surface area contributed by atoms with Crippen molar-refractivity contribution in [3.05, 3.63) is 16.4 Å². The second kappa shape index (κ2) is 5.14. The van der Waals surface area contributed by atoms with E-state index in [-0.39, 0.29) is 5.91 Å². The first kappa shape index (κ1) is 11.2. The van der Waals surface area contributed by atoms with Gasteiger partial charge < -0.3 is 5.32 Å². The van der Waals surface area contributed by atoms with Crippen LogP contribution in [0, 0.1) is 6.92 Å². The summed E-state index contributed by atoms with van der Waals surface area (Å²) < 4.78 is 2.90. The molecule has 5 heteroatoms. The zero-order chi connectivity index (χ0) is 10.6. The standard InChI is InChI=1S/C9H14BrN3O/c1-7-9(10)6-13(12-7)5-3-4-11-8(2)14/h6H,3-5H2,1-2H3,(H,11,14). The van der Waals surface area contributed by atoms with Gasteiger partial charge in [0.15, 0.2) is 0 Å². The fourth-order valence-corrected chi connectivity index (χ4v) is 1.43. The molecule has 1 aromatic rings. The van der Waals surface area contributed by atoms with Crippen molar-refractivity contribution < 1.29 is 4.79 Å². The average Bonchev–Trinajstić information content (AvgIpc) is 2.40. The number of amides is 1. The highest BCUT2D eigenvalue weighted by Crippen LogP contribution is 2.12. The van der Waals surface area contributed by atoms with E-state index in [0.717, 1.165) is 23.1 Å². The van der Waals surface area contributed by atoms with Crippen LogP contribution in [0.15, 0.2) is 10.7 Å². The van der Waals surface area contributed by atoms with E-state index in [4.69, 9.17) is 0 Å². The minimum absolute atomic E-state index is 0.0165. The molecule has 78 valence electrons. The molecule has 1 aromatic heterocycles. The van der Waals surface area contributed by atoms with Crippen LogP contribution in [0.4, 0.5) is 0 Å². The summed E-state index contributed by atoms with van der Waals surface area (Å²) >= 11 is 3.40. The monoisotopic (exact) mass is 259 g/mol. The summed E-state index contributed by atoms with van der Waals surface area (Å²) in [6.45, 7) is 5.00. The molecule has 1 amide bonds. The lowest BCUT2D eigenvalue weighted by atomic mass is 10.4. The van der Waals surface area contributed by atoms with Crippen molar-refractivity contribution in [3.63, 3.8) is 0 Å². The Hall–Kier alpha value is -0.840. The highest BCUT2D eigenvalue weighted by Gasteiger charge is 2.00. The third-order valence-corrected chi connectivity index (χ3v) is 2.60. The van der Waals surface area contributed by atoms with Crippen LogP contribution in [-0.2, 0) is 11.3 Å². The highest BCUT2D eigenvalue weighted by molar-refractivity contribution is 9.10. The van der Waals surface area contributed by atoms with Crippen LogP contribution in [0.3, 0.4) is 0 Å². The summed E-state index contributed by atoms with van der Waals surface area (Å²) in [5, 5.41) is 7.03. The maximum atomic E-state index is 10.6. The van der Waals surface area contributed by atoms with Gasteiger partial charge in [0.2, 0.25) is 5.91 Å². The van der Waals surface area contributed by atoms with E-state index in [9.17, 15) is 4.79 Å². The normalized spacial score (nSPS) is 10.2. The van der Waals surface area contributed by atoms with E-state index in [1.165, 1.54) is 6.92 Å². The van der Waals surface area contributed by atoms with Gasteiger partial charge in [0.05, 0.1) is 10.2 Å². The fourth-order valence-electron chi connectivity index (χ4n) is 1.11. The summed E-state index contributed by atoms with van der Waals surface area (Å²) in [5.41, 5.74) is 0.990. The van der Waals surface area contributed by atoms with E-state index in [0.29, 0.717) is 6.54 Å². The molecule has 1 rings (SSSR count). The molecule has 0 saturated carbocycles. The number of rotatable bonds is 4. The lowest BCUT2D eigenvalue weighted by molar-refractivity contribution is -0.118. The molecule has 0 aliphatic heterocycles. The summed E-state index contributed by atoms with van der Waals surface area (Å²) in [6, 6.07) is 0. The molecule has 0 atom stereocenters. The van der Waals surface area contributed by atoms with Crippen LogP contribution in [0.5, 0.6) is 0 Å². The van der Waals surface area contributed by atoms with Gasteiger partial charge in [-0.25, -0.2) is 0 Å². The fraction of sp³-hybridized carbons (Fsp3) is 0.556. The average molecular weight is 260 g/mol. The van der Waals surface area contributed by atoms with Crippen LogP contribution < -0.4 is 5.32 Å². The lowest BCUT2D eigenvalue weighted by Crippen LogP contribution is -2.22. The second-order valence-corrected chi connectivity index (χ2v) is 4.02.